The van der Waals surface area contributed by atoms with Crippen molar-refractivity contribution < 1.29 is 9.90 Å². The van der Waals surface area contributed by atoms with E-state index >= 15 is 0 Å². The maximum atomic E-state index is 10.3. The molecule has 1 unspecified atom stereocenters. The molecule has 0 aliphatic carbocycles. The van der Waals surface area contributed by atoms with Gasteiger partial charge in [-0.3, -0.25) is 0 Å². The van der Waals surface area contributed by atoms with Crippen LogP contribution in [0.15, 0.2) is 11.3 Å². The molecule has 3 heteroatoms. The van der Waals surface area contributed by atoms with E-state index in [-0.39, 0.29) is 11.0 Å². The third-order valence-electron chi connectivity index (χ3n) is 1.60. The highest BCUT2D eigenvalue weighted by molar-refractivity contribution is 8.00. The topological polar surface area (TPSA) is 37.3 Å². The zero-order valence-electron chi connectivity index (χ0n) is 5.83. The largest absolute Gasteiger partial charge is 0.511 e. The molecule has 1 rings (SSSR count). The van der Waals surface area contributed by atoms with Gasteiger partial charge in [0.25, 0.3) is 0 Å². The van der Waals surface area contributed by atoms with Crippen LogP contribution in [0.25, 0.3) is 0 Å². The molecule has 1 atom stereocenters. The van der Waals surface area contributed by atoms with E-state index < -0.39 is 0 Å². The molecule has 0 spiro atoms. The lowest BCUT2D eigenvalue weighted by molar-refractivity contribution is -0.107. The fourth-order valence-corrected chi connectivity index (χ4v) is 2.01. The molecule has 0 radical (unpaired) electrons. The summed E-state index contributed by atoms with van der Waals surface area (Å²) in [7, 11) is 0. The average Bonchev–Trinajstić information content (AvgIpc) is 1.95. The van der Waals surface area contributed by atoms with Crippen LogP contribution in [0.4, 0.5) is 0 Å². The highest BCUT2D eigenvalue weighted by Gasteiger charge is 2.19. The fourth-order valence-electron chi connectivity index (χ4n) is 0.893. The summed E-state index contributed by atoms with van der Waals surface area (Å²) in [6.45, 7) is 1.87. The maximum absolute atomic E-state index is 10.3. The Labute approximate surface area is 64.3 Å². The minimum atomic E-state index is -0.297. The van der Waals surface area contributed by atoms with Crippen LogP contribution in [-0.2, 0) is 4.79 Å². The van der Waals surface area contributed by atoms with Gasteiger partial charge >= 0.3 is 0 Å². The number of hydrogen-bond donors (Lipinski definition) is 1. The lowest BCUT2D eigenvalue weighted by atomic mass is 10.1. The van der Waals surface area contributed by atoms with Gasteiger partial charge in [0.2, 0.25) is 0 Å². The van der Waals surface area contributed by atoms with Crippen molar-refractivity contribution in [2.75, 3.05) is 5.75 Å². The van der Waals surface area contributed by atoms with E-state index in [1.807, 2.05) is 6.92 Å². The molecule has 56 valence electrons. The number of carbonyl (C=O) groups is 1. The number of rotatable bonds is 1. The second-order valence-corrected chi connectivity index (χ2v) is 3.59. The Kier molecular flexibility index (Phi) is 2.38. The number of aliphatic hydroxyl groups excluding tert-OH is 1. The van der Waals surface area contributed by atoms with Crippen molar-refractivity contribution >= 4 is 18.0 Å². The van der Waals surface area contributed by atoms with Gasteiger partial charge in [0.15, 0.2) is 0 Å². The summed E-state index contributed by atoms with van der Waals surface area (Å²) in [4.78, 5) is 10.3. The number of carbonyl (C=O) groups excluding carboxylic acids is 1. The first-order valence-corrected chi connectivity index (χ1v) is 4.26. The summed E-state index contributed by atoms with van der Waals surface area (Å²) >= 11 is 1.50. The second kappa shape index (κ2) is 3.10. The van der Waals surface area contributed by atoms with Crippen LogP contribution in [0.5, 0.6) is 0 Å². The Morgan fingerprint density at radius 1 is 1.80 bits per heavy atom. The van der Waals surface area contributed by atoms with E-state index in [4.69, 9.17) is 0 Å². The Balaban J connectivity index is 2.77. The molecule has 1 aliphatic rings. The summed E-state index contributed by atoms with van der Waals surface area (Å²) in [6.07, 6.45) is 1.70. The number of thioether (sulfide) groups is 1. The monoisotopic (exact) mass is 158 g/mol. The van der Waals surface area contributed by atoms with Crippen molar-refractivity contribution in [1.82, 2.24) is 0 Å². The molecule has 2 nitrogen and oxygen atoms in total. The Hall–Kier alpha value is -0.440. The first-order chi connectivity index (χ1) is 4.75. The summed E-state index contributed by atoms with van der Waals surface area (Å²) in [5.74, 6) is 1.21. The fraction of sp³-hybridized carbons (Fsp3) is 0.571. The summed E-state index contributed by atoms with van der Waals surface area (Å²) in [5.41, 5.74) is 0.954. The van der Waals surface area contributed by atoms with Gasteiger partial charge in [-0.05, 0) is 24.7 Å². The lowest BCUT2D eigenvalue weighted by Crippen LogP contribution is -2.15. The maximum Gasteiger partial charge on any atom is 0.140 e. The van der Waals surface area contributed by atoms with Gasteiger partial charge < -0.3 is 9.90 Å². The molecule has 0 aromatic heterocycles. The van der Waals surface area contributed by atoms with E-state index in [0.29, 0.717) is 0 Å². The summed E-state index contributed by atoms with van der Waals surface area (Å²) in [6, 6.07) is 0. The van der Waals surface area contributed by atoms with Crippen molar-refractivity contribution in [3.63, 3.8) is 0 Å². The van der Waals surface area contributed by atoms with Crippen LogP contribution in [0.3, 0.4) is 0 Å². The standard InChI is InChI=1S/C7H10O2S/c1-5-2-3-10-6(4-8)7(5)9/h4,6,9H,2-3H2,1H3. The molecule has 1 heterocycles. The number of allylic oxidation sites excluding steroid dienone is 1. The lowest BCUT2D eigenvalue weighted by Gasteiger charge is -2.17. The van der Waals surface area contributed by atoms with Crippen LogP contribution >= 0.6 is 11.8 Å². The van der Waals surface area contributed by atoms with Gasteiger partial charge in [-0.1, -0.05) is 0 Å². The Bertz CT molecular complexity index is 174. The first kappa shape index (κ1) is 7.66. The molecule has 0 amide bonds. The van der Waals surface area contributed by atoms with Crippen LogP contribution in [0.1, 0.15) is 13.3 Å². The third-order valence-corrected chi connectivity index (χ3v) is 2.74. The summed E-state index contributed by atoms with van der Waals surface area (Å²) in [5, 5.41) is 8.97. The smallest absolute Gasteiger partial charge is 0.140 e. The quantitative estimate of drug-likeness (QED) is 0.588. The zero-order chi connectivity index (χ0) is 7.56. The van der Waals surface area contributed by atoms with Crippen LogP contribution in [-0.4, -0.2) is 22.4 Å². The normalized spacial score (nSPS) is 26.7. The van der Waals surface area contributed by atoms with Gasteiger partial charge in [0.05, 0.1) is 0 Å². The Morgan fingerprint density at radius 2 is 2.50 bits per heavy atom. The van der Waals surface area contributed by atoms with Gasteiger partial charge in [-0.2, -0.15) is 0 Å². The molecule has 0 saturated carbocycles. The van der Waals surface area contributed by atoms with Gasteiger partial charge in [0, 0.05) is 0 Å². The molecular weight excluding hydrogens is 148 g/mol. The van der Waals surface area contributed by atoms with Crippen LogP contribution in [0.2, 0.25) is 0 Å². The van der Waals surface area contributed by atoms with E-state index in [0.717, 1.165) is 24.0 Å². The number of aldehydes is 1. The molecule has 0 aromatic rings. The van der Waals surface area contributed by atoms with Crippen molar-refractivity contribution in [1.29, 1.82) is 0 Å². The highest BCUT2D eigenvalue weighted by Crippen LogP contribution is 2.27. The average molecular weight is 158 g/mol. The SMILES string of the molecule is CC1=C(O)C(C=O)SCC1. The van der Waals surface area contributed by atoms with Gasteiger partial charge in [0.1, 0.15) is 17.3 Å². The molecular formula is C7H10O2S. The van der Waals surface area contributed by atoms with Gasteiger partial charge in [-0.15, -0.1) is 11.8 Å². The predicted octanol–water partition coefficient (Wildman–Crippen LogP) is 1.52. The molecule has 1 aliphatic heterocycles. The summed E-state index contributed by atoms with van der Waals surface area (Å²) < 4.78 is 0. The van der Waals surface area contributed by atoms with Crippen molar-refractivity contribution in [2.24, 2.45) is 0 Å². The molecule has 1 N–H and O–H groups in total. The third kappa shape index (κ3) is 1.34. The Morgan fingerprint density at radius 3 is 3.00 bits per heavy atom. The second-order valence-electron chi connectivity index (χ2n) is 2.34. The number of aliphatic hydroxyl groups is 1. The molecule has 0 saturated heterocycles. The first-order valence-electron chi connectivity index (χ1n) is 3.21. The molecule has 10 heavy (non-hydrogen) atoms. The molecule has 0 fully saturated rings. The van der Waals surface area contributed by atoms with Crippen molar-refractivity contribution in [3.8, 4) is 0 Å². The van der Waals surface area contributed by atoms with Crippen LogP contribution < -0.4 is 0 Å². The van der Waals surface area contributed by atoms with E-state index in [9.17, 15) is 9.90 Å². The molecule has 0 bridgehead atoms. The van der Waals surface area contributed by atoms with Crippen molar-refractivity contribution in [2.45, 2.75) is 18.6 Å². The van der Waals surface area contributed by atoms with E-state index in [1.54, 1.807) is 0 Å². The highest BCUT2D eigenvalue weighted by atomic mass is 32.2. The number of hydrogen-bond acceptors (Lipinski definition) is 3. The minimum absolute atomic E-state index is 0.270. The minimum Gasteiger partial charge on any atom is -0.511 e. The zero-order valence-corrected chi connectivity index (χ0v) is 6.65. The van der Waals surface area contributed by atoms with Crippen LogP contribution in [0, 0.1) is 0 Å². The molecule has 0 aromatic carbocycles. The van der Waals surface area contributed by atoms with E-state index in [2.05, 4.69) is 0 Å². The van der Waals surface area contributed by atoms with Crippen molar-refractivity contribution in [3.05, 3.63) is 11.3 Å². The van der Waals surface area contributed by atoms with E-state index in [1.165, 1.54) is 11.8 Å². The predicted molar refractivity (Wildman–Crippen MR) is 42.3 cm³/mol. The van der Waals surface area contributed by atoms with Gasteiger partial charge in [-0.25, -0.2) is 0 Å².